The van der Waals surface area contributed by atoms with Crippen molar-refractivity contribution in [3.8, 4) is 11.5 Å². The average Bonchev–Trinajstić information content (AvgIpc) is 2.82. The molecule has 2 radical (unpaired) electrons. The van der Waals surface area contributed by atoms with Gasteiger partial charge in [0.2, 0.25) is 0 Å². The van der Waals surface area contributed by atoms with E-state index in [1.807, 2.05) is 42.3 Å². The molecular weight excluding hydrogens is 764 g/mol. The van der Waals surface area contributed by atoms with Gasteiger partial charge in [-0.25, -0.2) is 0 Å². The number of rotatable bonds is 10. The second-order valence-corrected chi connectivity index (χ2v) is 11.5. The maximum Gasteiger partial charge on any atom is 3.00 e. The molecule has 0 atom stereocenters. The molecule has 0 heterocycles. The Hall–Kier alpha value is -1.07. The summed E-state index contributed by atoms with van der Waals surface area (Å²) in [4.78, 5) is 26.1. The van der Waals surface area contributed by atoms with Crippen molar-refractivity contribution < 1.29 is 68.5 Å². The van der Waals surface area contributed by atoms with Crippen molar-refractivity contribution in [2.45, 2.75) is 26.9 Å². The summed E-state index contributed by atoms with van der Waals surface area (Å²) in [6, 6.07) is 6.33. The molecule has 0 aliphatic heterocycles. The minimum absolute atomic E-state index is 0. The largest absolute Gasteiger partial charge is 3.00 e. The molecule has 2 rings (SSSR count). The van der Waals surface area contributed by atoms with E-state index in [2.05, 4.69) is 19.6 Å². The molecule has 0 spiro atoms. The smallest absolute Gasteiger partial charge is 2.00 e. The molecule has 11 nitrogen and oxygen atoms in total. The van der Waals surface area contributed by atoms with E-state index in [-0.39, 0.29) is 60.0 Å². The summed E-state index contributed by atoms with van der Waals surface area (Å²) in [5.41, 5.74) is 1.28. The Kier molecular flexibility index (Phi) is 34.5. The van der Waals surface area contributed by atoms with E-state index in [0.717, 1.165) is 40.0 Å². The van der Waals surface area contributed by atoms with Crippen molar-refractivity contribution in [1.82, 2.24) is 19.6 Å². The first-order valence-electron chi connectivity index (χ1n) is 12.6. The number of carboxylic acids is 2. The van der Waals surface area contributed by atoms with E-state index in [0.29, 0.717) is 34.3 Å². The normalized spacial score (nSPS) is 9.78. The molecule has 262 valence electrons. The molecule has 2 aromatic carbocycles. The quantitative estimate of drug-likeness (QED) is 0.322. The minimum atomic E-state index is -1.08. The SMILES string of the molecule is CC(=O)[O-].CC(=O)[O-].CN(C)CCN(C)Cc1cc(Cl)cc(Cl)c1[O-].CN(C)CCN(C)Cc1cc(Cl)cc(Cl)c1[O-].[Ni+3].[Ni+3].[O-2]. The molecule has 0 unspecified atom stereocenters. The summed E-state index contributed by atoms with van der Waals surface area (Å²) in [6.45, 7) is 6.73. The van der Waals surface area contributed by atoms with Crippen molar-refractivity contribution >= 4 is 58.3 Å². The number of hydrogen-bond acceptors (Lipinski definition) is 10. The van der Waals surface area contributed by atoms with E-state index >= 15 is 0 Å². The van der Waals surface area contributed by atoms with Gasteiger partial charge in [0.25, 0.3) is 0 Å². The van der Waals surface area contributed by atoms with Crippen LogP contribution in [0, 0.1) is 0 Å². The second-order valence-electron chi connectivity index (χ2n) is 9.82. The van der Waals surface area contributed by atoms with Gasteiger partial charge in [-0.05, 0) is 91.5 Å². The van der Waals surface area contributed by atoms with Crippen LogP contribution in [-0.2, 0) is 61.1 Å². The maximum absolute atomic E-state index is 11.8. The number of likely N-dealkylation sites (N-methyl/N-ethyl adjacent to an activating group) is 4. The molecule has 2 aromatic rings. The van der Waals surface area contributed by atoms with Gasteiger partial charge in [0.05, 0.1) is 0 Å². The molecule has 0 aromatic heterocycles. The molecule has 0 saturated heterocycles. The van der Waals surface area contributed by atoms with Gasteiger partial charge in [-0.2, -0.15) is 0 Å². The summed E-state index contributed by atoms with van der Waals surface area (Å²) in [5.74, 6) is -2.43. The number of carbonyl (C=O) groups is 2. The predicted molar refractivity (Wildman–Crippen MR) is 164 cm³/mol. The molecule has 0 bridgehead atoms. The van der Waals surface area contributed by atoms with Crippen molar-refractivity contribution in [1.29, 1.82) is 0 Å². The van der Waals surface area contributed by atoms with Crippen LogP contribution >= 0.6 is 46.4 Å². The van der Waals surface area contributed by atoms with Crippen molar-refractivity contribution in [3.05, 3.63) is 55.5 Å². The number of hydrogen-bond donors (Lipinski definition) is 0. The van der Waals surface area contributed by atoms with E-state index in [1.54, 1.807) is 12.1 Å². The third-order valence-electron chi connectivity index (χ3n) is 4.91. The first-order chi connectivity index (χ1) is 19.3. The zero-order valence-corrected chi connectivity index (χ0v) is 31.3. The monoisotopic (exact) mass is 800 g/mol. The summed E-state index contributed by atoms with van der Waals surface area (Å²) < 4.78 is 0. The predicted octanol–water partition coefficient (Wildman–Crippen LogP) is 1.51. The van der Waals surface area contributed by atoms with Crippen LogP contribution < -0.4 is 20.4 Å². The third kappa shape index (κ3) is 30.0. The van der Waals surface area contributed by atoms with Crippen LogP contribution in [0.1, 0.15) is 25.0 Å². The zero-order chi connectivity index (χ0) is 33.2. The molecule has 45 heavy (non-hydrogen) atoms. The molecule has 0 aliphatic rings. The summed E-state index contributed by atoms with van der Waals surface area (Å²) in [6.07, 6.45) is 0. The van der Waals surface area contributed by atoms with Gasteiger partial charge in [-0.1, -0.05) is 57.9 Å². The Balaban J connectivity index is -0.000000181. The average molecular weight is 804 g/mol. The van der Waals surface area contributed by atoms with Gasteiger partial charge in [-0.3, -0.25) is 0 Å². The molecular formula is C28H40Cl4N4Ni2O7. The summed E-state index contributed by atoms with van der Waals surface area (Å²) in [5, 5.41) is 42.7. The Morgan fingerprint density at radius 3 is 1.07 bits per heavy atom. The Labute approximate surface area is 307 Å². The van der Waals surface area contributed by atoms with Gasteiger partial charge in [0, 0.05) is 71.3 Å². The number of carboxylic acid groups (broad SMARTS) is 2. The van der Waals surface area contributed by atoms with Crippen LogP contribution in [0.2, 0.25) is 20.1 Å². The van der Waals surface area contributed by atoms with Gasteiger partial charge in [-0.15, -0.1) is 0 Å². The standard InChI is InChI=1S/2C12H18Cl2N2O.2C2H4O2.2Ni.O/c2*1-15(2)4-5-16(3)8-9-6-10(13)7-11(14)12(9)17;2*1-2(3)4;;;/h2*6-7,17H,4-5,8H2,1-3H3;2*1H3,(H,3,4);;;/q;;;;2*+3;-2/p-4. The van der Waals surface area contributed by atoms with Gasteiger partial charge in [0.15, 0.2) is 0 Å². The summed E-state index contributed by atoms with van der Waals surface area (Å²) in [7, 11) is 12.0. The van der Waals surface area contributed by atoms with E-state index in [9.17, 15) is 10.2 Å². The first kappa shape index (κ1) is 53.4. The fourth-order valence-corrected chi connectivity index (χ4v) is 4.01. The van der Waals surface area contributed by atoms with Crippen LogP contribution in [0.4, 0.5) is 0 Å². The van der Waals surface area contributed by atoms with Crippen LogP contribution in [0.3, 0.4) is 0 Å². The van der Waals surface area contributed by atoms with Gasteiger partial charge in [0.1, 0.15) is 0 Å². The number of aliphatic carboxylic acids is 2. The Morgan fingerprint density at radius 1 is 0.600 bits per heavy atom. The minimum Gasteiger partial charge on any atom is -2.00 e. The molecule has 0 N–H and O–H groups in total. The molecule has 0 aliphatic carbocycles. The topological polar surface area (TPSA) is 168 Å². The van der Waals surface area contributed by atoms with Gasteiger partial charge >= 0.3 is 33.0 Å². The Morgan fingerprint density at radius 2 is 0.844 bits per heavy atom. The second kappa shape index (κ2) is 29.1. The first-order valence-corrected chi connectivity index (χ1v) is 14.1. The van der Waals surface area contributed by atoms with Crippen molar-refractivity contribution in [2.75, 3.05) is 68.5 Å². The number of nitrogens with zero attached hydrogens (tertiary/aromatic N) is 4. The Bertz CT molecular complexity index is 1030. The summed E-state index contributed by atoms with van der Waals surface area (Å²) >= 11 is 23.4. The maximum atomic E-state index is 11.8. The van der Waals surface area contributed by atoms with E-state index in [1.165, 1.54) is 12.1 Å². The van der Waals surface area contributed by atoms with E-state index in [4.69, 9.17) is 66.2 Å². The van der Waals surface area contributed by atoms with Crippen LogP contribution in [0.25, 0.3) is 0 Å². The van der Waals surface area contributed by atoms with E-state index < -0.39 is 11.9 Å². The molecule has 0 amide bonds. The fourth-order valence-electron chi connectivity index (χ4n) is 2.94. The fraction of sp³-hybridized carbons (Fsp3) is 0.500. The van der Waals surface area contributed by atoms with Crippen LogP contribution in [-0.4, -0.2) is 100 Å². The van der Waals surface area contributed by atoms with Crippen LogP contribution in [0.15, 0.2) is 24.3 Å². The van der Waals surface area contributed by atoms with Crippen molar-refractivity contribution in [3.63, 3.8) is 0 Å². The van der Waals surface area contributed by atoms with Crippen LogP contribution in [0.5, 0.6) is 11.5 Å². The third-order valence-corrected chi connectivity index (χ3v) is 5.91. The molecule has 0 fully saturated rings. The molecule has 0 saturated carbocycles. The van der Waals surface area contributed by atoms with Gasteiger partial charge < -0.3 is 55.1 Å². The number of benzene rings is 2. The number of carbonyl (C=O) groups excluding carboxylic acids is 2. The zero-order valence-electron chi connectivity index (χ0n) is 26.3. The molecule has 17 heteroatoms. The number of halogens is 4. The van der Waals surface area contributed by atoms with Crippen molar-refractivity contribution in [2.24, 2.45) is 0 Å².